The molecule has 0 atom stereocenters. The lowest BCUT2D eigenvalue weighted by molar-refractivity contribution is 0.0994. The standard InChI is InChI=1S/C14H15N3O2/c1-17-13-10-6-4-9(19-2)7-8(10)3-5-11(13)12(16-17)14(15)18/h4,6-7H,3,5H2,1-2H3,(H2,15,18). The van der Waals surface area contributed by atoms with Crippen molar-refractivity contribution in [3.8, 4) is 17.0 Å². The molecule has 1 aliphatic rings. The minimum absolute atomic E-state index is 0.388. The van der Waals surface area contributed by atoms with Gasteiger partial charge >= 0.3 is 0 Å². The Balaban J connectivity index is 2.22. The number of hydrogen-bond donors (Lipinski definition) is 1. The molecule has 1 heterocycles. The highest BCUT2D eigenvalue weighted by atomic mass is 16.5. The number of aromatic nitrogens is 2. The summed E-state index contributed by atoms with van der Waals surface area (Å²) in [7, 11) is 3.50. The van der Waals surface area contributed by atoms with Crippen LogP contribution in [0.4, 0.5) is 0 Å². The SMILES string of the molecule is COc1ccc2c(c1)CCc1c(C(N)=O)nn(C)c1-2. The number of methoxy groups -OCH3 is 1. The van der Waals surface area contributed by atoms with Crippen molar-refractivity contribution in [2.75, 3.05) is 7.11 Å². The second-order valence-electron chi connectivity index (χ2n) is 4.69. The smallest absolute Gasteiger partial charge is 0.269 e. The van der Waals surface area contributed by atoms with Crippen LogP contribution in [0.1, 0.15) is 21.6 Å². The molecule has 0 saturated heterocycles. The van der Waals surface area contributed by atoms with E-state index in [4.69, 9.17) is 10.5 Å². The Morgan fingerprint density at radius 3 is 2.89 bits per heavy atom. The molecule has 1 aliphatic carbocycles. The molecule has 0 bridgehead atoms. The molecule has 1 amide bonds. The molecule has 0 spiro atoms. The second kappa shape index (κ2) is 4.12. The largest absolute Gasteiger partial charge is 0.497 e. The lowest BCUT2D eigenvalue weighted by Gasteiger charge is -2.18. The number of aryl methyl sites for hydroxylation is 2. The molecule has 0 saturated carbocycles. The van der Waals surface area contributed by atoms with Gasteiger partial charge in [-0.25, -0.2) is 0 Å². The number of primary amides is 1. The van der Waals surface area contributed by atoms with E-state index in [0.29, 0.717) is 5.69 Å². The van der Waals surface area contributed by atoms with Crippen LogP contribution >= 0.6 is 0 Å². The van der Waals surface area contributed by atoms with Crippen molar-refractivity contribution in [2.45, 2.75) is 12.8 Å². The van der Waals surface area contributed by atoms with E-state index >= 15 is 0 Å². The topological polar surface area (TPSA) is 70.1 Å². The molecular formula is C14H15N3O2. The van der Waals surface area contributed by atoms with Crippen molar-refractivity contribution in [3.63, 3.8) is 0 Å². The van der Waals surface area contributed by atoms with Crippen LogP contribution in [-0.4, -0.2) is 22.8 Å². The van der Waals surface area contributed by atoms with Crippen LogP contribution in [0.5, 0.6) is 5.75 Å². The van der Waals surface area contributed by atoms with Gasteiger partial charge in [0, 0.05) is 18.2 Å². The average molecular weight is 257 g/mol. The molecule has 2 aromatic rings. The first-order valence-corrected chi connectivity index (χ1v) is 6.14. The third-order valence-corrected chi connectivity index (χ3v) is 3.59. The van der Waals surface area contributed by atoms with Gasteiger partial charge in [-0.2, -0.15) is 5.10 Å². The summed E-state index contributed by atoms with van der Waals surface area (Å²) >= 11 is 0. The molecule has 5 nitrogen and oxygen atoms in total. The van der Waals surface area contributed by atoms with Gasteiger partial charge in [-0.05, 0) is 36.6 Å². The Labute approximate surface area is 111 Å². The zero-order valence-corrected chi connectivity index (χ0v) is 10.9. The Hall–Kier alpha value is -2.30. The zero-order valence-electron chi connectivity index (χ0n) is 10.9. The van der Waals surface area contributed by atoms with Gasteiger partial charge in [0.05, 0.1) is 12.8 Å². The summed E-state index contributed by atoms with van der Waals surface area (Å²) in [5, 5.41) is 4.24. The third-order valence-electron chi connectivity index (χ3n) is 3.59. The highest BCUT2D eigenvalue weighted by Crippen LogP contribution is 2.36. The number of fused-ring (bicyclic) bond motifs is 3. The van der Waals surface area contributed by atoms with Gasteiger partial charge in [0.25, 0.3) is 5.91 Å². The Morgan fingerprint density at radius 2 is 2.21 bits per heavy atom. The number of nitrogens with two attached hydrogens (primary N) is 1. The lowest BCUT2D eigenvalue weighted by Crippen LogP contribution is -2.15. The van der Waals surface area contributed by atoms with E-state index in [-0.39, 0.29) is 0 Å². The number of nitrogens with zero attached hydrogens (tertiary/aromatic N) is 2. The highest BCUT2D eigenvalue weighted by molar-refractivity contribution is 5.94. The quantitative estimate of drug-likeness (QED) is 0.881. The summed E-state index contributed by atoms with van der Waals surface area (Å²) in [5.41, 5.74) is 10.0. The van der Waals surface area contributed by atoms with Gasteiger partial charge in [0.2, 0.25) is 0 Å². The molecule has 0 unspecified atom stereocenters. The summed E-state index contributed by atoms with van der Waals surface area (Å²) < 4.78 is 6.98. The number of ether oxygens (including phenoxy) is 1. The van der Waals surface area contributed by atoms with Gasteiger partial charge in [-0.1, -0.05) is 0 Å². The molecule has 19 heavy (non-hydrogen) atoms. The Kier molecular flexibility index (Phi) is 2.55. The summed E-state index contributed by atoms with van der Waals surface area (Å²) in [6.45, 7) is 0. The maximum Gasteiger partial charge on any atom is 0.269 e. The highest BCUT2D eigenvalue weighted by Gasteiger charge is 2.26. The molecule has 2 N–H and O–H groups in total. The molecule has 1 aromatic heterocycles. The van der Waals surface area contributed by atoms with E-state index in [1.165, 1.54) is 5.56 Å². The van der Waals surface area contributed by atoms with Gasteiger partial charge in [-0.3, -0.25) is 9.48 Å². The van der Waals surface area contributed by atoms with Crippen LogP contribution in [0.2, 0.25) is 0 Å². The number of carbonyl (C=O) groups excluding carboxylic acids is 1. The van der Waals surface area contributed by atoms with Crippen LogP contribution in [-0.2, 0) is 19.9 Å². The number of carbonyl (C=O) groups is 1. The van der Waals surface area contributed by atoms with Crippen LogP contribution in [0.3, 0.4) is 0 Å². The normalized spacial score (nSPS) is 12.7. The van der Waals surface area contributed by atoms with E-state index in [2.05, 4.69) is 5.10 Å². The van der Waals surface area contributed by atoms with Crippen molar-refractivity contribution in [1.82, 2.24) is 9.78 Å². The van der Waals surface area contributed by atoms with Crippen molar-refractivity contribution >= 4 is 5.91 Å². The van der Waals surface area contributed by atoms with Crippen LogP contribution in [0.25, 0.3) is 11.3 Å². The number of rotatable bonds is 2. The fourth-order valence-electron chi connectivity index (χ4n) is 2.73. The first-order chi connectivity index (χ1) is 9.11. The van der Waals surface area contributed by atoms with Crippen molar-refractivity contribution in [2.24, 2.45) is 12.8 Å². The van der Waals surface area contributed by atoms with E-state index in [9.17, 15) is 4.79 Å². The summed E-state index contributed by atoms with van der Waals surface area (Å²) in [5.74, 6) is 0.383. The maximum atomic E-state index is 11.4. The fourth-order valence-corrected chi connectivity index (χ4v) is 2.73. The predicted molar refractivity (Wildman–Crippen MR) is 71.1 cm³/mol. The zero-order chi connectivity index (χ0) is 13.6. The molecule has 98 valence electrons. The lowest BCUT2D eigenvalue weighted by atomic mass is 9.88. The van der Waals surface area contributed by atoms with E-state index in [1.54, 1.807) is 11.8 Å². The molecular weight excluding hydrogens is 242 g/mol. The van der Waals surface area contributed by atoms with Crippen LogP contribution in [0, 0.1) is 0 Å². The fraction of sp³-hybridized carbons (Fsp3) is 0.286. The molecule has 0 fully saturated rings. The number of benzene rings is 1. The minimum atomic E-state index is -0.464. The summed E-state index contributed by atoms with van der Waals surface area (Å²) in [6.07, 6.45) is 1.65. The second-order valence-corrected chi connectivity index (χ2v) is 4.69. The van der Waals surface area contributed by atoms with Gasteiger partial charge < -0.3 is 10.5 Å². The number of hydrogen-bond acceptors (Lipinski definition) is 3. The first-order valence-electron chi connectivity index (χ1n) is 6.14. The molecule has 1 aromatic carbocycles. The number of amides is 1. The van der Waals surface area contributed by atoms with Crippen LogP contribution < -0.4 is 10.5 Å². The Morgan fingerprint density at radius 1 is 1.42 bits per heavy atom. The van der Waals surface area contributed by atoms with E-state index in [1.807, 2.05) is 25.2 Å². The average Bonchev–Trinajstić information content (AvgIpc) is 2.76. The van der Waals surface area contributed by atoms with E-state index in [0.717, 1.165) is 35.4 Å². The molecule has 0 radical (unpaired) electrons. The third kappa shape index (κ3) is 1.69. The predicted octanol–water partition coefficient (Wildman–Crippen LogP) is 1.29. The monoisotopic (exact) mass is 257 g/mol. The molecule has 3 rings (SSSR count). The molecule has 0 aliphatic heterocycles. The van der Waals surface area contributed by atoms with Crippen molar-refractivity contribution < 1.29 is 9.53 Å². The minimum Gasteiger partial charge on any atom is -0.497 e. The van der Waals surface area contributed by atoms with Gasteiger partial charge in [-0.15, -0.1) is 0 Å². The van der Waals surface area contributed by atoms with Crippen molar-refractivity contribution in [1.29, 1.82) is 0 Å². The summed E-state index contributed by atoms with van der Waals surface area (Å²) in [6, 6.07) is 5.97. The van der Waals surface area contributed by atoms with Gasteiger partial charge in [0.15, 0.2) is 5.69 Å². The Bertz CT molecular complexity index is 674. The van der Waals surface area contributed by atoms with Crippen LogP contribution in [0.15, 0.2) is 18.2 Å². The first kappa shape index (κ1) is 11.8. The molecule has 5 heteroatoms. The van der Waals surface area contributed by atoms with Crippen molar-refractivity contribution in [3.05, 3.63) is 35.0 Å². The maximum absolute atomic E-state index is 11.4. The van der Waals surface area contributed by atoms with E-state index < -0.39 is 5.91 Å². The van der Waals surface area contributed by atoms with Gasteiger partial charge in [0.1, 0.15) is 5.75 Å². The summed E-state index contributed by atoms with van der Waals surface area (Å²) in [4.78, 5) is 11.4.